The zero-order chi connectivity index (χ0) is 9.97. The lowest BCUT2D eigenvalue weighted by Gasteiger charge is -2.15. The zero-order valence-electron chi connectivity index (χ0n) is 8.48. The molecule has 0 aliphatic heterocycles. The fraction of sp³-hybridized carbons (Fsp3) is 0.600. The van der Waals surface area contributed by atoms with E-state index in [0.29, 0.717) is 12.5 Å². The van der Waals surface area contributed by atoms with Crippen molar-refractivity contribution in [2.45, 2.75) is 18.8 Å². The van der Waals surface area contributed by atoms with E-state index in [0.717, 1.165) is 12.5 Å². The fourth-order valence-corrected chi connectivity index (χ4v) is 1.45. The zero-order valence-corrected chi connectivity index (χ0v) is 8.48. The van der Waals surface area contributed by atoms with Gasteiger partial charge in [-0.2, -0.15) is 0 Å². The molecule has 0 spiro atoms. The lowest BCUT2D eigenvalue weighted by atomic mass is 10.3. The Labute approximate surface area is 84.2 Å². The summed E-state index contributed by atoms with van der Waals surface area (Å²) in [6.45, 7) is 1.43. The first-order chi connectivity index (χ1) is 6.81. The van der Waals surface area contributed by atoms with Crippen LogP contribution >= 0.6 is 0 Å². The van der Waals surface area contributed by atoms with Crippen molar-refractivity contribution in [3.63, 3.8) is 0 Å². The molecule has 1 heterocycles. The Morgan fingerprint density at radius 2 is 2.36 bits per heavy atom. The maximum atomic E-state index is 5.48. The molecule has 1 aliphatic rings. The van der Waals surface area contributed by atoms with Crippen molar-refractivity contribution in [2.24, 2.45) is 5.73 Å². The van der Waals surface area contributed by atoms with Gasteiger partial charge in [-0.3, -0.25) is 0 Å². The number of hydrogen-bond acceptors (Lipinski definition) is 4. The molecule has 4 nitrogen and oxygen atoms in total. The Kier molecular flexibility index (Phi) is 2.63. The summed E-state index contributed by atoms with van der Waals surface area (Å²) in [6, 6.07) is 2.01. The minimum atomic E-state index is 0.632. The van der Waals surface area contributed by atoms with E-state index in [4.69, 9.17) is 5.73 Å². The summed E-state index contributed by atoms with van der Waals surface area (Å²) < 4.78 is 0. The summed E-state index contributed by atoms with van der Waals surface area (Å²) in [5, 5.41) is 0. The Morgan fingerprint density at radius 1 is 1.57 bits per heavy atom. The van der Waals surface area contributed by atoms with Crippen molar-refractivity contribution in [1.29, 1.82) is 0 Å². The number of likely N-dealkylation sites (N-methyl/N-ethyl adjacent to an activating group) is 1. The quantitative estimate of drug-likeness (QED) is 0.764. The predicted molar refractivity (Wildman–Crippen MR) is 56.3 cm³/mol. The van der Waals surface area contributed by atoms with Crippen LogP contribution in [0.2, 0.25) is 0 Å². The van der Waals surface area contributed by atoms with E-state index in [1.807, 2.05) is 24.2 Å². The van der Waals surface area contributed by atoms with Gasteiger partial charge >= 0.3 is 0 Å². The van der Waals surface area contributed by atoms with Crippen molar-refractivity contribution >= 4 is 5.95 Å². The van der Waals surface area contributed by atoms with Gasteiger partial charge in [0.05, 0.1) is 0 Å². The summed E-state index contributed by atoms with van der Waals surface area (Å²) in [5.41, 5.74) is 6.66. The molecule has 2 rings (SSSR count). The lowest BCUT2D eigenvalue weighted by molar-refractivity contribution is 0.832. The Hall–Kier alpha value is -1.16. The van der Waals surface area contributed by atoms with Crippen LogP contribution in [0.1, 0.15) is 24.5 Å². The normalized spacial score (nSPS) is 15.6. The molecule has 0 atom stereocenters. The summed E-state index contributed by atoms with van der Waals surface area (Å²) in [6.07, 6.45) is 4.39. The number of hydrogen-bond donors (Lipinski definition) is 1. The number of nitrogens with two attached hydrogens (primary N) is 1. The molecular weight excluding hydrogens is 176 g/mol. The first-order valence-electron chi connectivity index (χ1n) is 5.05. The van der Waals surface area contributed by atoms with E-state index in [1.54, 1.807) is 0 Å². The molecule has 1 aromatic rings. The molecule has 76 valence electrons. The molecule has 0 saturated heterocycles. The van der Waals surface area contributed by atoms with Crippen LogP contribution in [0.15, 0.2) is 12.3 Å². The van der Waals surface area contributed by atoms with Gasteiger partial charge in [0.15, 0.2) is 0 Å². The maximum Gasteiger partial charge on any atom is 0.225 e. The molecular formula is C10H16N4. The molecule has 0 unspecified atom stereocenters. The second-order valence-electron chi connectivity index (χ2n) is 3.77. The lowest BCUT2D eigenvalue weighted by Crippen LogP contribution is -2.26. The van der Waals surface area contributed by atoms with Gasteiger partial charge in [-0.25, -0.2) is 9.97 Å². The molecule has 14 heavy (non-hydrogen) atoms. The highest BCUT2D eigenvalue weighted by molar-refractivity contribution is 5.30. The van der Waals surface area contributed by atoms with Crippen LogP contribution in [0.3, 0.4) is 0 Å². The van der Waals surface area contributed by atoms with E-state index in [-0.39, 0.29) is 0 Å². The summed E-state index contributed by atoms with van der Waals surface area (Å²) in [4.78, 5) is 10.7. The average Bonchev–Trinajstić information content (AvgIpc) is 3.02. The standard InChI is InChI=1S/C10H16N4/c1-14(7-5-11)10-12-6-4-9(13-10)8-2-3-8/h4,6,8H,2-3,5,7,11H2,1H3. The molecule has 1 fully saturated rings. The van der Waals surface area contributed by atoms with Crippen LogP contribution in [0.5, 0.6) is 0 Å². The summed E-state index contributed by atoms with van der Waals surface area (Å²) >= 11 is 0. The largest absolute Gasteiger partial charge is 0.343 e. The van der Waals surface area contributed by atoms with Gasteiger partial charge in [0.1, 0.15) is 0 Å². The minimum absolute atomic E-state index is 0.632. The van der Waals surface area contributed by atoms with E-state index >= 15 is 0 Å². The van der Waals surface area contributed by atoms with Crippen LogP contribution in [0.25, 0.3) is 0 Å². The molecule has 0 radical (unpaired) electrons. The van der Waals surface area contributed by atoms with Crippen molar-refractivity contribution in [2.75, 3.05) is 25.0 Å². The van der Waals surface area contributed by atoms with Gasteiger partial charge in [-0.15, -0.1) is 0 Å². The number of aromatic nitrogens is 2. The van der Waals surface area contributed by atoms with E-state index in [9.17, 15) is 0 Å². The van der Waals surface area contributed by atoms with Crippen LogP contribution < -0.4 is 10.6 Å². The highest BCUT2D eigenvalue weighted by Crippen LogP contribution is 2.38. The monoisotopic (exact) mass is 192 g/mol. The smallest absolute Gasteiger partial charge is 0.225 e. The van der Waals surface area contributed by atoms with Crippen molar-refractivity contribution in [1.82, 2.24) is 9.97 Å². The Bertz CT molecular complexity index is 309. The van der Waals surface area contributed by atoms with Gasteiger partial charge in [0, 0.05) is 37.9 Å². The topological polar surface area (TPSA) is 55.0 Å². The van der Waals surface area contributed by atoms with Gasteiger partial charge in [0.25, 0.3) is 0 Å². The van der Waals surface area contributed by atoms with Crippen LogP contribution in [0, 0.1) is 0 Å². The third-order valence-corrected chi connectivity index (χ3v) is 2.47. The second-order valence-corrected chi connectivity index (χ2v) is 3.77. The molecule has 1 aromatic heterocycles. The predicted octanol–water partition coefficient (Wildman–Crippen LogP) is 0.749. The summed E-state index contributed by atoms with van der Waals surface area (Å²) in [7, 11) is 1.97. The van der Waals surface area contributed by atoms with Crippen molar-refractivity contribution < 1.29 is 0 Å². The Morgan fingerprint density at radius 3 is 3.00 bits per heavy atom. The SMILES string of the molecule is CN(CCN)c1nccc(C2CC2)n1. The van der Waals surface area contributed by atoms with Gasteiger partial charge in [-0.05, 0) is 18.9 Å². The number of anilines is 1. The number of nitrogens with zero attached hydrogens (tertiary/aromatic N) is 3. The first kappa shape index (κ1) is 9.40. The first-order valence-corrected chi connectivity index (χ1v) is 5.05. The van der Waals surface area contributed by atoms with Crippen molar-refractivity contribution in [3.05, 3.63) is 18.0 Å². The fourth-order valence-electron chi connectivity index (χ4n) is 1.45. The van der Waals surface area contributed by atoms with E-state index in [2.05, 4.69) is 9.97 Å². The van der Waals surface area contributed by atoms with Gasteiger partial charge in [0.2, 0.25) is 5.95 Å². The maximum absolute atomic E-state index is 5.48. The molecule has 0 bridgehead atoms. The molecule has 2 N–H and O–H groups in total. The van der Waals surface area contributed by atoms with E-state index < -0.39 is 0 Å². The highest BCUT2D eigenvalue weighted by atomic mass is 15.2. The highest BCUT2D eigenvalue weighted by Gasteiger charge is 2.25. The molecule has 1 saturated carbocycles. The third kappa shape index (κ3) is 2.01. The van der Waals surface area contributed by atoms with E-state index in [1.165, 1.54) is 18.5 Å². The van der Waals surface area contributed by atoms with Crippen LogP contribution in [-0.4, -0.2) is 30.1 Å². The average molecular weight is 192 g/mol. The molecule has 4 heteroatoms. The molecule has 0 amide bonds. The Balaban J connectivity index is 2.12. The van der Waals surface area contributed by atoms with Crippen LogP contribution in [0.4, 0.5) is 5.95 Å². The van der Waals surface area contributed by atoms with Crippen molar-refractivity contribution in [3.8, 4) is 0 Å². The minimum Gasteiger partial charge on any atom is -0.343 e. The molecule has 0 aromatic carbocycles. The molecule has 1 aliphatic carbocycles. The van der Waals surface area contributed by atoms with Crippen LogP contribution in [-0.2, 0) is 0 Å². The third-order valence-electron chi connectivity index (χ3n) is 2.47. The second kappa shape index (κ2) is 3.92. The van der Waals surface area contributed by atoms with Gasteiger partial charge < -0.3 is 10.6 Å². The van der Waals surface area contributed by atoms with Gasteiger partial charge in [-0.1, -0.05) is 0 Å². The summed E-state index contributed by atoms with van der Waals surface area (Å²) in [5.74, 6) is 1.47. The number of rotatable bonds is 4.